The second-order valence-electron chi connectivity index (χ2n) is 5.78. The van der Waals surface area contributed by atoms with E-state index >= 15 is 0 Å². The standard InChI is InChI=1S/C14H20N2OS2/c1-9(12-7-10-2-3-11(12)6-10)16-13(17)8-19-14-15-4-5-18-14/h4-5,9-12H,2-3,6-8H2,1H3,(H,16,17). The van der Waals surface area contributed by atoms with Gasteiger partial charge in [-0.2, -0.15) is 0 Å². The lowest BCUT2D eigenvalue weighted by Gasteiger charge is -2.28. The third kappa shape index (κ3) is 3.14. The Morgan fingerprint density at radius 1 is 1.58 bits per heavy atom. The van der Waals surface area contributed by atoms with Crippen LogP contribution in [0.3, 0.4) is 0 Å². The Hall–Kier alpha value is -0.550. The monoisotopic (exact) mass is 296 g/mol. The van der Waals surface area contributed by atoms with E-state index < -0.39 is 0 Å². The van der Waals surface area contributed by atoms with Crippen LogP contribution < -0.4 is 5.32 Å². The van der Waals surface area contributed by atoms with Crippen molar-refractivity contribution in [3.8, 4) is 0 Å². The van der Waals surface area contributed by atoms with Crippen molar-refractivity contribution in [2.75, 3.05) is 5.75 Å². The average Bonchev–Trinajstić information content (AvgIpc) is 3.13. The van der Waals surface area contributed by atoms with E-state index in [1.807, 2.05) is 5.38 Å². The van der Waals surface area contributed by atoms with Crippen LogP contribution in [0.4, 0.5) is 0 Å². The first-order valence-corrected chi connectivity index (χ1v) is 8.90. The van der Waals surface area contributed by atoms with E-state index in [-0.39, 0.29) is 5.91 Å². The van der Waals surface area contributed by atoms with Gasteiger partial charge in [0.25, 0.3) is 0 Å². The molecule has 1 aromatic heterocycles. The maximum absolute atomic E-state index is 12.0. The SMILES string of the molecule is CC(NC(=O)CSc1nccs1)C1CC2CCC1C2. The summed E-state index contributed by atoms with van der Waals surface area (Å²) in [6, 6.07) is 0.333. The Kier molecular flexibility index (Phi) is 4.12. The summed E-state index contributed by atoms with van der Waals surface area (Å²) in [6.45, 7) is 2.18. The van der Waals surface area contributed by atoms with Crippen LogP contribution in [0.25, 0.3) is 0 Å². The minimum absolute atomic E-state index is 0.149. The third-order valence-electron chi connectivity index (χ3n) is 4.56. The van der Waals surface area contributed by atoms with Crippen molar-refractivity contribution in [2.24, 2.45) is 17.8 Å². The smallest absolute Gasteiger partial charge is 0.230 e. The van der Waals surface area contributed by atoms with E-state index in [0.29, 0.717) is 17.7 Å². The zero-order chi connectivity index (χ0) is 13.2. The predicted molar refractivity (Wildman–Crippen MR) is 79.4 cm³/mol. The van der Waals surface area contributed by atoms with Crippen LogP contribution in [-0.2, 0) is 4.79 Å². The highest BCUT2D eigenvalue weighted by molar-refractivity contribution is 8.01. The summed E-state index contributed by atoms with van der Waals surface area (Å²) >= 11 is 3.12. The van der Waals surface area contributed by atoms with Gasteiger partial charge in [-0.15, -0.1) is 11.3 Å². The van der Waals surface area contributed by atoms with E-state index in [1.54, 1.807) is 17.5 Å². The number of carbonyl (C=O) groups is 1. The number of nitrogens with zero attached hydrogens (tertiary/aromatic N) is 1. The zero-order valence-electron chi connectivity index (χ0n) is 11.2. The van der Waals surface area contributed by atoms with Crippen LogP contribution in [0.5, 0.6) is 0 Å². The van der Waals surface area contributed by atoms with Gasteiger partial charge in [0.15, 0.2) is 0 Å². The van der Waals surface area contributed by atoms with Crippen LogP contribution in [0.1, 0.15) is 32.6 Å². The van der Waals surface area contributed by atoms with Crippen molar-refractivity contribution < 1.29 is 4.79 Å². The highest BCUT2D eigenvalue weighted by Crippen LogP contribution is 2.49. The Morgan fingerprint density at radius 2 is 2.47 bits per heavy atom. The molecule has 1 aromatic rings. The molecule has 4 atom stereocenters. The van der Waals surface area contributed by atoms with Crippen molar-refractivity contribution >= 4 is 29.0 Å². The molecule has 3 rings (SSSR count). The number of thiazole rings is 1. The van der Waals surface area contributed by atoms with Crippen LogP contribution in [-0.4, -0.2) is 22.7 Å². The van der Waals surface area contributed by atoms with E-state index in [9.17, 15) is 4.79 Å². The summed E-state index contributed by atoms with van der Waals surface area (Å²) < 4.78 is 0.975. The molecule has 19 heavy (non-hydrogen) atoms. The largest absolute Gasteiger partial charge is 0.353 e. The molecule has 0 aliphatic heterocycles. The molecule has 104 valence electrons. The molecule has 2 saturated carbocycles. The number of rotatable bonds is 5. The van der Waals surface area contributed by atoms with Gasteiger partial charge in [-0.25, -0.2) is 4.98 Å². The zero-order valence-corrected chi connectivity index (χ0v) is 12.8. The lowest BCUT2D eigenvalue weighted by molar-refractivity contribution is -0.119. The summed E-state index contributed by atoms with van der Waals surface area (Å²) in [5.41, 5.74) is 0. The van der Waals surface area contributed by atoms with Crippen LogP contribution in [0, 0.1) is 17.8 Å². The van der Waals surface area contributed by atoms with Gasteiger partial charge < -0.3 is 5.32 Å². The molecule has 0 spiro atoms. The van der Waals surface area contributed by atoms with Gasteiger partial charge in [0.05, 0.1) is 5.75 Å². The Morgan fingerprint density at radius 3 is 3.11 bits per heavy atom. The molecule has 4 unspecified atom stereocenters. The van der Waals surface area contributed by atoms with Crippen LogP contribution in [0.15, 0.2) is 15.9 Å². The van der Waals surface area contributed by atoms with E-state index in [0.717, 1.165) is 16.2 Å². The number of fused-ring (bicyclic) bond motifs is 2. The van der Waals surface area contributed by atoms with Gasteiger partial charge >= 0.3 is 0 Å². The Labute approximate surface area is 122 Å². The highest BCUT2D eigenvalue weighted by Gasteiger charge is 2.42. The summed E-state index contributed by atoms with van der Waals surface area (Å²) in [6.07, 6.45) is 7.30. The molecule has 1 amide bonds. The normalized spacial score (nSPS) is 30.5. The molecule has 0 aromatic carbocycles. The first kappa shape index (κ1) is 13.4. The van der Waals surface area contributed by atoms with Crippen molar-refractivity contribution in [1.29, 1.82) is 0 Å². The van der Waals surface area contributed by atoms with Crippen molar-refractivity contribution in [3.63, 3.8) is 0 Å². The van der Waals surface area contributed by atoms with Gasteiger partial charge in [-0.3, -0.25) is 4.79 Å². The number of aromatic nitrogens is 1. The highest BCUT2D eigenvalue weighted by atomic mass is 32.2. The minimum Gasteiger partial charge on any atom is -0.353 e. The molecule has 2 fully saturated rings. The molecule has 1 heterocycles. The van der Waals surface area contributed by atoms with Gasteiger partial charge in [0, 0.05) is 17.6 Å². The predicted octanol–water partition coefficient (Wildman–Crippen LogP) is 3.18. The number of nitrogens with one attached hydrogen (secondary N) is 1. The summed E-state index contributed by atoms with van der Waals surface area (Å²) in [5.74, 6) is 3.16. The fourth-order valence-electron chi connectivity index (χ4n) is 3.72. The molecular weight excluding hydrogens is 276 g/mol. The molecule has 1 N–H and O–H groups in total. The van der Waals surface area contributed by atoms with E-state index in [4.69, 9.17) is 0 Å². The topological polar surface area (TPSA) is 42.0 Å². The van der Waals surface area contributed by atoms with Gasteiger partial charge in [0.2, 0.25) is 5.91 Å². The Bertz CT molecular complexity index is 435. The number of amides is 1. The average molecular weight is 296 g/mol. The number of carbonyl (C=O) groups excluding carboxylic acids is 1. The molecule has 5 heteroatoms. The van der Waals surface area contributed by atoms with Crippen molar-refractivity contribution in [3.05, 3.63) is 11.6 Å². The third-order valence-corrected chi connectivity index (χ3v) is 6.53. The lowest BCUT2D eigenvalue weighted by Crippen LogP contribution is -2.40. The van der Waals surface area contributed by atoms with Crippen molar-refractivity contribution in [1.82, 2.24) is 10.3 Å². The Balaban J connectivity index is 1.44. The maximum atomic E-state index is 12.0. The second-order valence-corrected chi connectivity index (χ2v) is 7.90. The molecule has 3 nitrogen and oxygen atoms in total. The summed E-state index contributed by atoms with van der Waals surface area (Å²) in [4.78, 5) is 16.1. The van der Waals surface area contributed by atoms with Crippen LogP contribution >= 0.6 is 23.1 Å². The molecule has 2 aliphatic rings. The molecule has 2 bridgehead atoms. The first-order chi connectivity index (χ1) is 9.22. The fourth-order valence-corrected chi connectivity index (χ4v) is 5.17. The minimum atomic E-state index is 0.149. The van der Waals surface area contributed by atoms with E-state index in [2.05, 4.69) is 17.2 Å². The quantitative estimate of drug-likeness (QED) is 0.849. The van der Waals surface area contributed by atoms with Crippen molar-refractivity contribution in [2.45, 2.75) is 43.0 Å². The van der Waals surface area contributed by atoms with E-state index in [1.165, 1.54) is 37.4 Å². The summed E-state index contributed by atoms with van der Waals surface area (Å²) in [7, 11) is 0. The van der Waals surface area contributed by atoms with Gasteiger partial charge in [0.1, 0.15) is 4.34 Å². The fraction of sp³-hybridized carbons (Fsp3) is 0.714. The second kappa shape index (κ2) is 5.83. The lowest BCUT2D eigenvalue weighted by atomic mass is 9.84. The molecular formula is C14H20N2OS2. The maximum Gasteiger partial charge on any atom is 0.230 e. The molecule has 0 radical (unpaired) electrons. The summed E-state index contributed by atoms with van der Waals surface area (Å²) in [5, 5.41) is 5.13. The van der Waals surface area contributed by atoms with Crippen LogP contribution in [0.2, 0.25) is 0 Å². The molecule has 2 aliphatic carbocycles. The number of hydrogen-bond acceptors (Lipinski definition) is 4. The first-order valence-electron chi connectivity index (χ1n) is 7.04. The molecule has 0 saturated heterocycles. The number of thioether (sulfide) groups is 1. The number of hydrogen-bond donors (Lipinski definition) is 1. The van der Waals surface area contributed by atoms with Gasteiger partial charge in [-0.1, -0.05) is 18.2 Å². The van der Waals surface area contributed by atoms with Gasteiger partial charge in [-0.05, 0) is 43.9 Å².